The Morgan fingerprint density at radius 2 is 1.53 bits per heavy atom. The molecule has 1 N–H and O–H groups in total. The maximum Gasteiger partial charge on any atom is 0.573 e. The molecule has 0 saturated heterocycles. The lowest BCUT2D eigenvalue weighted by Crippen LogP contribution is -2.34. The van der Waals surface area contributed by atoms with Crippen LogP contribution in [0.4, 0.5) is 51.1 Å². The minimum absolute atomic E-state index is 0.00848. The highest BCUT2D eigenvalue weighted by Crippen LogP contribution is 2.38. The first-order valence-electron chi connectivity index (χ1n) is 14.5. The predicted molar refractivity (Wildman–Crippen MR) is 149 cm³/mol. The molecule has 1 aromatic heterocycles. The van der Waals surface area contributed by atoms with E-state index in [0.29, 0.717) is 56.6 Å². The number of carboxylic acids is 1. The molecule has 0 unspecified atom stereocenters. The first-order valence-corrected chi connectivity index (χ1v) is 14.5. The lowest BCUT2D eigenvalue weighted by Gasteiger charge is -2.34. The SMILES string of the molecule is CCN(C[C@H]1CC[C@H](C(=O)O)CC1)c1ccc(OC(F)(F)F)cc1CN(Cc1cc(C(F)(F)F)cc(C(F)(F)F)c1)c1noc(C)n1. The van der Waals surface area contributed by atoms with Crippen LogP contribution in [0.15, 0.2) is 40.9 Å². The van der Waals surface area contributed by atoms with E-state index in [4.69, 9.17) is 4.52 Å². The van der Waals surface area contributed by atoms with Gasteiger partial charge in [0.2, 0.25) is 5.89 Å². The van der Waals surface area contributed by atoms with Crippen LogP contribution in [0.5, 0.6) is 5.75 Å². The topological polar surface area (TPSA) is 91.9 Å². The van der Waals surface area contributed by atoms with Gasteiger partial charge in [-0.1, -0.05) is 0 Å². The summed E-state index contributed by atoms with van der Waals surface area (Å²) in [6, 6.07) is 4.65. The summed E-state index contributed by atoms with van der Waals surface area (Å²) in [6.45, 7) is 3.01. The summed E-state index contributed by atoms with van der Waals surface area (Å²) in [4.78, 5) is 18.5. The zero-order valence-corrected chi connectivity index (χ0v) is 25.1. The number of alkyl halides is 9. The van der Waals surface area contributed by atoms with E-state index in [9.17, 15) is 49.4 Å². The zero-order chi connectivity index (χ0) is 34.7. The van der Waals surface area contributed by atoms with E-state index in [1.54, 1.807) is 6.92 Å². The van der Waals surface area contributed by atoms with E-state index < -0.39 is 59.6 Å². The van der Waals surface area contributed by atoms with E-state index in [-0.39, 0.29) is 35.9 Å². The number of aryl methyl sites for hydroxylation is 1. The third kappa shape index (κ3) is 9.67. The second-order valence-corrected chi connectivity index (χ2v) is 11.3. The molecule has 4 rings (SSSR count). The first-order chi connectivity index (χ1) is 21.8. The molecule has 1 saturated carbocycles. The monoisotopic (exact) mass is 682 g/mol. The number of nitrogens with zero attached hydrogens (tertiary/aromatic N) is 4. The Kier molecular flexibility index (Phi) is 10.5. The summed E-state index contributed by atoms with van der Waals surface area (Å²) < 4.78 is 130. The largest absolute Gasteiger partial charge is 0.573 e. The van der Waals surface area contributed by atoms with Crippen molar-refractivity contribution in [2.24, 2.45) is 11.8 Å². The van der Waals surface area contributed by atoms with Crippen LogP contribution < -0.4 is 14.5 Å². The molecule has 8 nitrogen and oxygen atoms in total. The van der Waals surface area contributed by atoms with Crippen LogP contribution in [0.1, 0.15) is 60.8 Å². The van der Waals surface area contributed by atoms with Crippen molar-refractivity contribution >= 4 is 17.6 Å². The smallest absolute Gasteiger partial charge is 0.481 e. The van der Waals surface area contributed by atoms with Crippen molar-refractivity contribution in [3.8, 4) is 5.75 Å². The average Bonchev–Trinajstić information content (AvgIpc) is 3.40. The van der Waals surface area contributed by atoms with Gasteiger partial charge in [0.05, 0.1) is 17.0 Å². The maximum absolute atomic E-state index is 13.6. The quantitative estimate of drug-likeness (QED) is 0.202. The highest BCUT2D eigenvalue weighted by Gasteiger charge is 2.37. The number of hydrogen-bond donors (Lipinski definition) is 1. The van der Waals surface area contributed by atoms with Crippen LogP contribution in [0.3, 0.4) is 0 Å². The van der Waals surface area contributed by atoms with Crippen LogP contribution in [0.2, 0.25) is 0 Å². The number of ether oxygens (including phenoxy) is 1. The fourth-order valence-corrected chi connectivity index (χ4v) is 5.65. The Bertz CT molecular complexity index is 1500. The molecule has 1 heterocycles. The van der Waals surface area contributed by atoms with Crippen LogP contribution in [0, 0.1) is 18.8 Å². The number of hydrogen-bond acceptors (Lipinski definition) is 7. The standard InChI is InChI=1S/C30H31F9N4O4/c1-3-42(14-18-4-6-20(7-5-18)26(44)45)25-9-8-24(46-30(37,38)39)12-21(25)16-43(27-40-17(2)47-41-27)15-19-10-22(28(31,32)33)13-23(11-19)29(34,35)36/h8-13,18,20H,3-7,14-16H2,1-2H3,(H,44,45)/t18-,20-. The van der Waals surface area contributed by atoms with E-state index in [2.05, 4.69) is 14.9 Å². The van der Waals surface area contributed by atoms with E-state index in [1.165, 1.54) is 17.9 Å². The summed E-state index contributed by atoms with van der Waals surface area (Å²) in [7, 11) is 0. The van der Waals surface area contributed by atoms with Gasteiger partial charge in [-0.05, 0) is 91.2 Å². The number of aromatic nitrogens is 2. The molecule has 17 heteroatoms. The number of carboxylic acid groups (broad SMARTS) is 1. The molecular formula is C30H31F9N4O4. The van der Waals surface area contributed by atoms with Crippen molar-refractivity contribution < 1.29 is 58.7 Å². The molecule has 1 fully saturated rings. The Morgan fingerprint density at radius 1 is 0.915 bits per heavy atom. The van der Waals surface area contributed by atoms with Crippen LogP contribution >= 0.6 is 0 Å². The minimum atomic E-state index is -5.11. The van der Waals surface area contributed by atoms with Gasteiger partial charge in [0.1, 0.15) is 5.75 Å². The molecule has 3 aromatic rings. The van der Waals surface area contributed by atoms with Gasteiger partial charge in [0, 0.05) is 38.8 Å². The van der Waals surface area contributed by atoms with Gasteiger partial charge in [-0.2, -0.15) is 31.3 Å². The van der Waals surface area contributed by atoms with Gasteiger partial charge in [-0.3, -0.25) is 4.79 Å². The average molecular weight is 683 g/mol. The van der Waals surface area contributed by atoms with Gasteiger partial charge in [-0.15, -0.1) is 13.2 Å². The molecule has 0 aliphatic heterocycles. The van der Waals surface area contributed by atoms with Crippen LogP contribution in [-0.2, 0) is 30.2 Å². The fourth-order valence-electron chi connectivity index (χ4n) is 5.65. The molecule has 2 aromatic carbocycles. The lowest BCUT2D eigenvalue weighted by atomic mass is 9.81. The molecule has 0 amide bonds. The zero-order valence-electron chi connectivity index (χ0n) is 25.1. The van der Waals surface area contributed by atoms with Crippen molar-refractivity contribution in [3.63, 3.8) is 0 Å². The Balaban J connectivity index is 1.74. The molecule has 0 radical (unpaired) electrons. The number of rotatable bonds is 11. The van der Waals surface area contributed by atoms with Gasteiger partial charge in [0.15, 0.2) is 0 Å². The summed E-state index contributed by atoms with van der Waals surface area (Å²) in [5.74, 6) is -2.08. The Labute approximate surface area is 263 Å². The summed E-state index contributed by atoms with van der Waals surface area (Å²) in [5.41, 5.74) is -2.89. The van der Waals surface area contributed by atoms with E-state index >= 15 is 0 Å². The molecule has 258 valence electrons. The molecule has 0 bridgehead atoms. The predicted octanol–water partition coefficient (Wildman–Crippen LogP) is 8.24. The molecule has 0 atom stereocenters. The Morgan fingerprint density at radius 3 is 2.02 bits per heavy atom. The number of aliphatic carboxylic acids is 1. The summed E-state index contributed by atoms with van der Waals surface area (Å²) in [5, 5.41) is 13.1. The van der Waals surface area contributed by atoms with Gasteiger partial charge in [0.25, 0.3) is 5.95 Å². The molecule has 1 aliphatic rings. The first kappa shape index (κ1) is 35.7. The van der Waals surface area contributed by atoms with E-state index in [0.717, 1.165) is 12.1 Å². The van der Waals surface area contributed by atoms with Crippen molar-refractivity contribution in [3.05, 3.63) is 64.5 Å². The second-order valence-electron chi connectivity index (χ2n) is 11.3. The fraction of sp³-hybridized carbons (Fsp3) is 0.500. The minimum Gasteiger partial charge on any atom is -0.481 e. The molecule has 1 aliphatic carbocycles. The molecule has 47 heavy (non-hydrogen) atoms. The lowest BCUT2D eigenvalue weighted by molar-refractivity contribution is -0.274. The summed E-state index contributed by atoms with van der Waals surface area (Å²) >= 11 is 0. The van der Waals surface area contributed by atoms with Gasteiger partial charge >= 0.3 is 24.7 Å². The Hall–Kier alpha value is -4.18. The number of benzene rings is 2. The molecule has 0 spiro atoms. The second kappa shape index (κ2) is 13.9. The number of anilines is 2. The van der Waals surface area contributed by atoms with Crippen molar-refractivity contribution in [1.82, 2.24) is 10.1 Å². The maximum atomic E-state index is 13.6. The van der Waals surface area contributed by atoms with Crippen LogP contribution in [-0.4, -0.2) is 40.7 Å². The highest BCUT2D eigenvalue weighted by molar-refractivity contribution is 5.70. The van der Waals surface area contributed by atoms with Crippen molar-refractivity contribution in [2.45, 2.75) is 71.3 Å². The van der Waals surface area contributed by atoms with Gasteiger partial charge in [-0.25, -0.2) is 0 Å². The number of halogens is 9. The van der Waals surface area contributed by atoms with Gasteiger partial charge < -0.3 is 24.2 Å². The molecular weight excluding hydrogens is 651 g/mol. The van der Waals surface area contributed by atoms with E-state index in [1.807, 2.05) is 4.90 Å². The van der Waals surface area contributed by atoms with Crippen molar-refractivity contribution in [1.29, 1.82) is 0 Å². The van der Waals surface area contributed by atoms with Crippen molar-refractivity contribution in [2.75, 3.05) is 22.9 Å². The van der Waals surface area contributed by atoms with Crippen LogP contribution in [0.25, 0.3) is 0 Å². The third-order valence-electron chi connectivity index (χ3n) is 7.86. The summed E-state index contributed by atoms with van der Waals surface area (Å²) in [6.07, 6.45) is -13.1. The number of carbonyl (C=O) groups is 1. The normalized spacial score (nSPS) is 17.4. The third-order valence-corrected chi connectivity index (χ3v) is 7.86. The highest BCUT2D eigenvalue weighted by atomic mass is 19.4.